The predicted octanol–water partition coefficient (Wildman–Crippen LogP) is 5.82. The number of pyridine rings is 2. The molecule has 0 fully saturated rings. The number of nitrogens with zero attached hydrogens (tertiary/aromatic N) is 5. The van der Waals surface area contributed by atoms with Crippen LogP contribution in [0.2, 0.25) is 0 Å². The molecule has 6 heterocycles. The summed E-state index contributed by atoms with van der Waals surface area (Å²) in [4.78, 5) is 4.58. The molecule has 6 rings (SSSR count). The van der Waals surface area contributed by atoms with Crippen molar-refractivity contribution in [1.29, 1.82) is 0 Å². The third kappa shape index (κ3) is 3.46. The minimum absolute atomic E-state index is 0.779. The van der Waals surface area contributed by atoms with Crippen molar-refractivity contribution in [3.05, 3.63) is 114 Å². The van der Waals surface area contributed by atoms with Crippen LogP contribution in [-0.2, 0) is 0 Å². The maximum atomic E-state index is 4.58. The summed E-state index contributed by atoms with van der Waals surface area (Å²) in [6.07, 6.45) is 18.1. The molecule has 2 aliphatic rings. The maximum absolute atomic E-state index is 4.58. The van der Waals surface area contributed by atoms with Gasteiger partial charge in [0.05, 0.1) is 17.6 Å². The monoisotopic (exact) mass is 413 g/mol. The van der Waals surface area contributed by atoms with Crippen molar-refractivity contribution in [2.24, 2.45) is 0 Å². The second kappa shape index (κ2) is 7.63. The number of rotatable bonds is 4. The molecule has 0 unspecified atom stereocenters. The third-order valence-electron chi connectivity index (χ3n) is 5.56. The summed E-state index contributed by atoms with van der Waals surface area (Å²) in [7, 11) is 0. The van der Waals surface area contributed by atoms with Crippen molar-refractivity contribution in [2.75, 3.05) is 0 Å². The molecule has 0 saturated heterocycles. The van der Waals surface area contributed by atoms with E-state index in [1.165, 1.54) is 5.52 Å². The second-order valence-corrected chi connectivity index (χ2v) is 7.67. The van der Waals surface area contributed by atoms with Crippen LogP contribution in [0.25, 0.3) is 46.6 Å². The Morgan fingerprint density at radius 2 is 1.31 bits per heavy atom. The molecular weight excluding hydrogens is 394 g/mol. The van der Waals surface area contributed by atoms with Gasteiger partial charge in [0.25, 0.3) is 0 Å². The quantitative estimate of drug-likeness (QED) is 0.366. The van der Waals surface area contributed by atoms with Gasteiger partial charge in [-0.1, -0.05) is 12.2 Å². The van der Waals surface area contributed by atoms with E-state index in [4.69, 9.17) is 0 Å². The smallest absolute Gasteiger partial charge is 0.113 e. The maximum Gasteiger partial charge on any atom is 0.113 e. The molecule has 2 aliphatic heterocycles. The van der Waals surface area contributed by atoms with Crippen molar-refractivity contribution < 1.29 is 0 Å². The molecule has 0 amide bonds. The van der Waals surface area contributed by atoms with Crippen LogP contribution in [-0.4, -0.2) is 24.0 Å². The van der Waals surface area contributed by atoms with Gasteiger partial charge in [-0.05, 0) is 83.9 Å². The van der Waals surface area contributed by atoms with E-state index in [1.807, 2.05) is 48.8 Å². The molecule has 0 aliphatic carbocycles. The lowest BCUT2D eigenvalue weighted by Gasteiger charge is -1.97. The van der Waals surface area contributed by atoms with E-state index < -0.39 is 0 Å². The van der Waals surface area contributed by atoms with Crippen LogP contribution in [0, 0.1) is 0 Å². The first kappa shape index (κ1) is 18.3. The predicted molar refractivity (Wildman–Crippen MR) is 129 cm³/mol. The fourth-order valence-corrected chi connectivity index (χ4v) is 3.85. The van der Waals surface area contributed by atoms with E-state index in [1.54, 1.807) is 6.20 Å². The Hall–Kier alpha value is -4.51. The van der Waals surface area contributed by atoms with Gasteiger partial charge in [-0.25, -0.2) is 0 Å². The van der Waals surface area contributed by atoms with Gasteiger partial charge in [0.15, 0.2) is 0 Å². The van der Waals surface area contributed by atoms with Crippen LogP contribution in [0.4, 0.5) is 0 Å². The highest BCUT2D eigenvalue weighted by molar-refractivity contribution is 5.79. The lowest BCUT2D eigenvalue weighted by atomic mass is 10.1. The van der Waals surface area contributed by atoms with Gasteiger partial charge >= 0.3 is 0 Å². The molecule has 0 N–H and O–H groups in total. The minimum atomic E-state index is 0.779. The standard InChI is InChI=1S/C27H19N5/c1-3-23-17-20(11-15-31(23)13-1)5-7-22-8-9-25-26(29-30-27(25)19-28-22)10-6-21-12-16-32-14-2-4-24(32)18-21/h1-19H/b7-5+,10-6+. The zero-order chi connectivity index (χ0) is 21.3. The summed E-state index contributed by atoms with van der Waals surface area (Å²) in [5.41, 5.74) is 8.04. The van der Waals surface area contributed by atoms with E-state index >= 15 is 0 Å². The number of aromatic nitrogens is 5. The lowest BCUT2D eigenvalue weighted by molar-refractivity contribution is 1.08. The Morgan fingerprint density at radius 3 is 2.03 bits per heavy atom. The molecular formula is C27H19N5. The van der Waals surface area contributed by atoms with Crippen molar-refractivity contribution >= 4 is 35.3 Å². The third-order valence-corrected chi connectivity index (χ3v) is 5.56. The fraction of sp³-hybridized carbons (Fsp3) is 0. The molecule has 32 heavy (non-hydrogen) atoms. The van der Waals surface area contributed by atoms with E-state index in [9.17, 15) is 0 Å². The van der Waals surface area contributed by atoms with Gasteiger partial charge in [-0.3, -0.25) is 4.98 Å². The fourth-order valence-electron chi connectivity index (χ4n) is 3.85. The van der Waals surface area contributed by atoms with Crippen LogP contribution in [0.1, 0.15) is 22.5 Å². The van der Waals surface area contributed by atoms with Gasteiger partial charge in [-0.15, -0.1) is 10.2 Å². The molecule has 4 aromatic rings. The highest BCUT2D eigenvalue weighted by Gasteiger charge is 2.10. The number of hydrogen-bond acceptors (Lipinski definition) is 3. The highest BCUT2D eigenvalue weighted by atomic mass is 15.1. The van der Waals surface area contributed by atoms with Gasteiger partial charge in [-0.2, -0.15) is 0 Å². The average molecular weight is 413 g/mol. The normalized spacial score (nSPS) is 12.1. The minimum Gasteiger partial charge on any atom is -0.324 e. The summed E-state index contributed by atoms with van der Waals surface area (Å²) in [6.45, 7) is 0. The highest BCUT2D eigenvalue weighted by Crippen LogP contribution is 2.24. The summed E-state index contributed by atoms with van der Waals surface area (Å²) in [5, 5.41) is 8.64. The van der Waals surface area contributed by atoms with Gasteiger partial charge in [0.2, 0.25) is 0 Å². The Morgan fingerprint density at radius 1 is 0.625 bits per heavy atom. The Kier molecular flexibility index (Phi) is 4.36. The molecule has 5 heteroatoms. The van der Waals surface area contributed by atoms with E-state index in [2.05, 4.69) is 84.9 Å². The molecule has 0 spiro atoms. The zero-order valence-electron chi connectivity index (χ0n) is 17.2. The van der Waals surface area contributed by atoms with Gasteiger partial charge in [0.1, 0.15) is 5.69 Å². The van der Waals surface area contributed by atoms with Crippen LogP contribution < -0.4 is 0 Å². The van der Waals surface area contributed by atoms with E-state index in [0.29, 0.717) is 0 Å². The largest absolute Gasteiger partial charge is 0.324 e. The van der Waals surface area contributed by atoms with Crippen LogP contribution in [0.5, 0.6) is 0 Å². The number of fused-ring (bicyclic) bond motifs is 3. The van der Waals surface area contributed by atoms with Crippen LogP contribution in [0.3, 0.4) is 0 Å². The summed E-state index contributed by atoms with van der Waals surface area (Å²) in [6, 6.07) is 20.8. The molecule has 0 saturated carbocycles. The summed E-state index contributed by atoms with van der Waals surface area (Å²) in [5.74, 6) is 0. The first-order valence-corrected chi connectivity index (χ1v) is 10.4. The van der Waals surface area contributed by atoms with Crippen LogP contribution in [0.15, 0.2) is 91.6 Å². The first-order valence-electron chi connectivity index (χ1n) is 10.4. The second-order valence-electron chi connectivity index (χ2n) is 7.67. The van der Waals surface area contributed by atoms with Gasteiger partial charge < -0.3 is 8.80 Å². The SMILES string of the molecule is C(=C\c1ccc2c(/C=C/c3ccn4cccc4c3)nnc-2cn1)/c1ccn2cccc2c1. The topological polar surface area (TPSA) is 47.5 Å². The Balaban J connectivity index is 1.27. The molecule has 0 atom stereocenters. The molecule has 0 bridgehead atoms. The Labute approximate surface area is 185 Å². The number of hydrogen-bond donors (Lipinski definition) is 0. The average Bonchev–Trinajstić information content (AvgIpc) is 3.53. The molecule has 5 nitrogen and oxygen atoms in total. The van der Waals surface area contributed by atoms with Crippen molar-refractivity contribution in [3.8, 4) is 11.3 Å². The van der Waals surface area contributed by atoms with E-state index in [0.717, 1.165) is 39.3 Å². The van der Waals surface area contributed by atoms with Crippen molar-refractivity contribution in [3.63, 3.8) is 0 Å². The van der Waals surface area contributed by atoms with Crippen molar-refractivity contribution in [1.82, 2.24) is 24.0 Å². The summed E-state index contributed by atoms with van der Waals surface area (Å²) >= 11 is 0. The van der Waals surface area contributed by atoms with Gasteiger partial charge in [0, 0.05) is 41.4 Å². The molecule has 152 valence electrons. The zero-order valence-corrected chi connectivity index (χ0v) is 17.2. The molecule has 0 radical (unpaired) electrons. The summed E-state index contributed by atoms with van der Waals surface area (Å²) < 4.78 is 4.18. The lowest BCUT2D eigenvalue weighted by Crippen LogP contribution is -1.81. The first-order chi connectivity index (χ1) is 15.8. The molecule has 4 aromatic heterocycles. The van der Waals surface area contributed by atoms with Crippen molar-refractivity contribution in [2.45, 2.75) is 0 Å². The van der Waals surface area contributed by atoms with Crippen LogP contribution >= 0.6 is 0 Å². The molecule has 0 aromatic carbocycles. The Bertz CT molecular complexity index is 1580. The van der Waals surface area contributed by atoms with E-state index in [-0.39, 0.29) is 0 Å².